The van der Waals surface area contributed by atoms with Gasteiger partial charge < -0.3 is 38.5 Å². The highest BCUT2D eigenvalue weighted by molar-refractivity contribution is 6.05. The van der Waals surface area contributed by atoms with Gasteiger partial charge in [0.05, 0.1) is 6.61 Å². The second-order valence-electron chi connectivity index (χ2n) is 22.5. The van der Waals surface area contributed by atoms with E-state index in [1.54, 1.807) is 149 Å². The van der Waals surface area contributed by atoms with Crippen LogP contribution in [0.4, 0.5) is 28.8 Å². The van der Waals surface area contributed by atoms with Crippen LogP contribution in [0.2, 0.25) is 0 Å². The van der Waals surface area contributed by atoms with Gasteiger partial charge in [0.15, 0.2) is 0 Å². The van der Waals surface area contributed by atoms with Gasteiger partial charge in [-0.25, -0.2) is 38.6 Å². The van der Waals surface area contributed by atoms with E-state index in [0.717, 1.165) is 15.4 Å². The van der Waals surface area contributed by atoms with Crippen molar-refractivity contribution in [2.45, 2.75) is 203 Å². The largest absolute Gasteiger partial charge is 0.444 e. The zero-order chi connectivity index (χ0) is 54.6. The molecule has 4 N–H and O–H groups in total. The second kappa shape index (κ2) is 27.6. The summed E-state index contributed by atoms with van der Waals surface area (Å²) in [5.74, 6) is -0.600. The molecule has 0 saturated heterocycles. The molecule has 1 rings (SSSR count). The molecule has 0 atom stereocenters. The number of carbonyl (C=O) groups is 6. The maximum atomic E-state index is 14.1. The summed E-state index contributed by atoms with van der Waals surface area (Å²) in [4.78, 5) is 89.1. The summed E-state index contributed by atoms with van der Waals surface area (Å²) in [6.07, 6.45) is -2.05. The van der Waals surface area contributed by atoms with Crippen molar-refractivity contribution >= 4 is 54.3 Å². The SMILES string of the molecule is CC(C)(C)OC(=O)/N=C(/NCCCCCCCN(C(=O)OC(C)(C)C)/C(=N\C(=O)OC(C)(C)C)N(CCCOCc1ccc(C(=N)NC(=O)OC(C)(C)C)cc1)C(=O)OC(C)(C)C)NC(=O)OC(C)(C)C. The standard InChI is InChI=1S/C50H84N8O13/c1-45(2,3)66-39(59)53-36(51)35-27-25-34(26-28-35)33-65-32-24-31-58(44(64)71-50(16,17)18)38(56-42(62)69-48(10,11)12)57(43(63)70-49(13,14)15)30-23-21-19-20-22-29-52-37(54-40(60)67-46(4,5)6)55-41(61)68-47(7,8)9/h25-28H,19-24,29-33H2,1-18H3,(H2,51,53,59)(H2,52,54,55,60,61)/b56-38+. The number of hydrogen-bond acceptors (Lipinski definition) is 14. The minimum absolute atomic E-state index is 0.0160. The smallest absolute Gasteiger partial charge is 0.437 e. The van der Waals surface area contributed by atoms with Gasteiger partial charge in [-0.2, -0.15) is 0 Å². The molecule has 1 aromatic carbocycles. The Kier molecular flexibility index (Phi) is 24.5. The van der Waals surface area contributed by atoms with E-state index in [1.807, 2.05) is 0 Å². The first-order valence-corrected chi connectivity index (χ1v) is 24.0. The lowest BCUT2D eigenvalue weighted by Crippen LogP contribution is -2.53. The summed E-state index contributed by atoms with van der Waals surface area (Å²) < 4.78 is 38.9. The average molecular weight is 1010 g/mol. The molecule has 21 heteroatoms. The van der Waals surface area contributed by atoms with E-state index in [9.17, 15) is 28.8 Å². The molecule has 0 fully saturated rings. The van der Waals surface area contributed by atoms with Crippen LogP contribution in [-0.2, 0) is 39.8 Å². The highest BCUT2D eigenvalue weighted by Crippen LogP contribution is 2.19. The van der Waals surface area contributed by atoms with Gasteiger partial charge in [0.25, 0.3) is 0 Å². The first-order valence-electron chi connectivity index (χ1n) is 24.0. The second-order valence-corrected chi connectivity index (χ2v) is 22.5. The third-order valence-electron chi connectivity index (χ3n) is 8.17. The molecule has 402 valence electrons. The molecule has 0 spiro atoms. The third-order valence-corrected chi connectivity index (χ3v) is 8.17. The number of aliphatic imine (C=N–C) groups is 2. The fraction of sp³-hybridized carbons (Fsp3) is 0.700. The Hall–Kier alpha value is -5.99. The van der Waals surface area contributed by atoms with Crippen molar-refractivity contribution < 1.29 is 61.9 Å². The number of amides is 6. The predicted octanol–water partition coefficient (Wildman–Crippen LogP) is 10.6. The van der Waals surface area contributed by atoms with E-state index in [-0.39, 0.29) is 50.5 Å². The minimum Gasteiger partial charge on any atom is -0.444 e. The Morgan fingerprint density at radius 3 is 1.38 bits per heavy atom. The number of benzene rings is 1. The number of nitrogens with one attached hydrogen (secondary N) is 4. The van der Waals surface area contributed by atoms with E-state index in [1.165, 1.54) is 0 Å². The monoisotopic (exact) mass is 1000 g/mol. The van der Waals surface area contributed by atoms with Gasteiger partial charge in [-0.05, 0) is 149 Å². The number of nitrogens with zero attached hydrogens (tertiary/aromatic N) is 4. The number of unbranched alkanes of at least 4 members (excludes halogenated alkanes) is 4. The minimum atomic E-state index is -1.05. The van der Waals surface area contributed by atoms with Crippen molar-refractivity contribution in [3.8, 4) is 0 Å². The molecular weight excluding hydrogens is 921 g/mol. The van der Waals surface area contributed by atoms with E-state index >= 15 is 0 Å². The Morgan fingerprint density at radius 1 is 0.507 bits per heavy atom. The van der Waals surface area contributed by atoms with Crippen LogP contribution in [-0.4, -0.2) is 124 Å². The van der Waals surface area contributed by atoms with Crippen LogP contribution in [0.5, 0.6) is 0 Å². The van der Waals surface area contributed by atoms with Gasteiger partial charge >= 0.3 is 36.6 Å². The van der Waals surface area contributed by atoms with Gasteiger partial charge in [-0.3, -0.25) is 16.0 Å². The molecular formula is C50H84N8O13. The normalized spacial score (nSPS) is 12.8. The molecule has 0 aliphatic rings. The molecule has 0 aliphatic heterocycles. The van der Waals surface area contributed by atoms with Crippen molar-refractivity contribution in [2.75, 3.05) is 26.2 Å². The molecule has 6 amide bonds. The van der Waals surface area contributed by atoms with E-state index in [2.05, 4.69) is 25.9 Å². The van der Waals surface area contributed by atoms with Crippen LogP contribution >= 0.6 is 0 Å². The number of amidine groups is 1. The maximum Gasteiger partial charge on any atom is 0.437 e. The highest BCUT2D eigenvalue weighted by atomic mass is 16.6. The molecule has 1 aromatic rings. The zero-order valence-electron chi connectivity index (χ0n) is 45.7. The lowest BCUT2D eigenvalue weighted by molar-refractivity contribution is 0.0258. The molecule has 0 saturated carbocycles. The van der Waals surface area contributed by atoms with Crippen LogP contribution < -0.4 is 16.0 Å². The van der Waals surface area contributed by atoms with Gasteiger partial charge in [0, 0.05) is 31.8 Å². The fourth-order valence-electron chi connectivity index (χ4n) is 5.59. The molecule has 0 radical (unpaired) electrons. The number of rotatable bonds is 15. The maximum absolute atomic E-state index is 14.1. The number of ether oxygens (including phenoxy) is 7. The Balaban J connectivity index is 3.30. The van der Waals surface area contributed by atoms with Gasteiger partial charge in [0.2, 0.25) is 11.9 Å². The van der Waals surface area contributed by atoms with Crippen LogP contribution in [0.3, 0.4) is 0 Å². The van der Waals surface area contributed by atoms with Crippen LogP contribution in [0, 0.1) is 5.41 Å². The van der Waals surface area contributed by atoms with Crippen LogP contribution in [0.25, 0.3) is 0 Å². The predicted molar refractivity (Wildman–Crippen MR) is 271 cm³/mol. The van der Waals surface area contributed by atoms with Crippen LogP contribution in [0.15, 0.2) is 34.3 Å². The summed E-state index contributed by atoms with van der Waals surface area (Å²) in [7, 11) is 0. The molecule has 71 heavy (non-hydrogen) atoms. The summed E-state index contributed by atoms with van der Waals surface area (Å²) in [6.45, 7) is 31.0. The molecule has 0 aliphatic carbocycles. The number of hydrogen-bond donors (Lipinski definition) is 4. The zero-order valence-corrected chi connectivity index (χ0v) is 45.7. The molecule has 0 aromatic heterocycles. The quantitative estimate of drug-likeness (QED) is 0.0552. The van der Waals surface area contributed by atoms with Crippen molar-refractivity contribution in [1.82, 2.24) is 25.8 Å². The van der Waals surface area contributed by atoms with Crippen molar-refractivity contribution in [3.05, 3.63) is 35.4 Å². The van der Waals surface area contributed by atoms with Gasteiger partial charge in [-0.1, -0.05) is 43.5 Å². The van der Waals surface area contributed by atoms with Crippen molar-refractivity contribution in [2.24, 2.45) is 9.98 Å². The Bertz CT molecular complexity index is 2000. The van der Waals surface area contributed by atoms with E-state index < -0.39 is 70.2 Å². The van der Waals surface area contributed by atoms with E-state index in [0.29, 0.717) is 44.2 Å². The Labute approximate surface area is 421 Å². The lowest BCUT2D eigenvalue weighted by Gasteiger charge is -2.34. The lowest BCUT2D eigenvalue weighted by atomic mass is 10.1. The summed E-state index contributed by atoms with van der Waals surface area (Å²) in [5, 5.41) is 16.1. The number of guanidine groups is 2. The third kappa shape index (κ3) is 31.1. The Morgan fingerprint density at radius 2 is 0.915 bits per heavy atom. The first-order chi connectivity index (χ1) is 32.3. The first kappa shape index (κ1) is 63.0. The summed E-state index contributed by atoms with van der Waals surface area (Å²) >= 11 is 0. The summed E-state index contributed by atoms with van der Waals surface area (Å²) in [5.41, 5.74) is -4.00. The van der Waals surface area contributed by atoms with Gasteiger partial charge in [0.1, 0.15) is 39.4 Å². The number of alkyl carbamates (subject to hydrolysis) is 2. The number of carbonyl (C=O) groups excluding carboxylic acids is 6. The molecule has 0 unspecified atom stereocenters. The van der Waals surface area contributed by atoms with Gasteiger partial charge in [-0.15, -0.1) is 9.98 Å². The molecule has 21 nitrogen and oxygen atoms in total. The van der Waals surface area contributed by atoms with Crippen LogP contribution in [0.1, 0.15) is 174 Å². The van der Waals surface area contributed by atoms with Crippen molar-refractivity contribution in [1.29, 1.82) is 5.41 Å². The molecule has 0 heterocycles. The van der Waals surface area contributed by atoms with Crippen molar-refractivity contribution in [3.63, 3.8) is 0 Å². The fourth-order valence-corrected chi connectivity index (χ4v) is 5.59. The summed E-state index contributed by atoms with van der Waals surface area (Å²) in [6, 6.07) is 6.84. The molecule has 0 bridgehead atoms. The topological polar surface area (TPSA) is 258 Å². The average Bonchev–Trinajstić information content (AvgIpc) is 3.13. The highest BCUT2D eigenvalue weighted by Gasteiger charge is 2.35. The van der Waals surface area contributed by atoms with E-state index in [4.69, 9.17) is 38.6 Å².